The van der Waals surface area contributed by atoms with E-state index in [0.29, 0.717) is 18.2 Å². The molecule has 0 spiro atoms. The van der Waals surface area contributed by atoms with Crippen LogP contribution in [0.2, 0.25) is 5.15 Å². The van der Waals surface area contributed by atoms with Gasteiger partial charge in [-0.05, 0) is 23.8 Å². The number of nitriles is 1. The number of halogens is 1. The Kier molecular flexibility index (Phi) is 4.16. The molecule has 0 fully saturated rings. The molecule has 0 amide bonds. The Labute approximate surface area is 111 Å². The van der Waals surface area contributed by atoms with Gasteiger partial charge in [-0.15, -0.1) is 0 Å². The summed E-state index contributed by atoms with van der Waals surface area (Å²) in [6, 6.07) is 13.2. The molecule has 0 aliphatic carbocycles. The first-order valence-corrected chi connectivity index (χ1v) is 5.85. The van der Waals surface area contributed by atoms with Gasteiger partial charge in [-0.2, -0.15) is 5.26 Å². The number of nitrogens with zero attached hydrogens (tertiary/aromatic N) is 2. The van der Waals surface area contributed by atoms with E-state index in [1.807, 2.05) is 30.3 Å². The number of pyridine rings is 1. The molecule has 90 valence electrons. The number of ether oxygens (including phenoxy) is 1. The van der Waals surface area contributed by atoms with Gasteiger partial charge in [0.15, 0.2) is 0 Å². The van der Waals surface area contributed by atoms with Gasteiger partial charge in [-0.25, -0.2) is 4.98 Å². The van der Waals surface area contributed by atoms with E-state index in [1.165, 1.54) is 0 Å². The SMILES string of the molecule is N#CCc1ccc(OCc2ccc(Cl)nc2)cc1. The summed E-state index contributed by atoms with van der Waals surface area (Å²) in [5.74, 6) is 0.770. The number of aromatic nitrogens is 1. The predicted molar refractivity (Wildman–Crippen MR) is 69.3 cm³/mol. The van der Waals surface area contributed by atoms with Crippen LogP contribution in [-0.4, -0.2) is 4.98 Å². The molecule has 1 heterocycles. The van der Waals surface area contributed by atoms with Crippen LogP contribution in [0.1, 0.15) is 11.1 Å². The van der Waals surface area contributed by atoms with Crippen LogP contribution in [0, 0.1) is 11.3 Å². The van der Waals surface area contributed by atoms with Crippen molar-refractivity contribution in [3.05, 3.63) is 58.9 Å². The molecule has 0 saturated carbocycles. The van der Waals surface area contributed by atoms with Crippen LogP contribution in [0.25, 0.3) is 0 Å². The number of benzene rings is 1. The van der Waals surface area contributed by atoms with Crippen molar-refractivity contribution in [2.45, 2.75) is 13.0 Å². The van der Waals surface area contributed by atoms with Gasteiger partial charge >= 0.3 is 0 Å². The van der Waals surface area contributed by atoms with E-state index in [2.05, 4.69) is 11.1 Å². The summed E-state index contributed by atoms with van der Waals surface area (Å²) in [5.41, 5.74) is 1.94. The zero-order valence-corrected chi connectivity index (χ0v) is 10.4. The predicted octanol–water partition coefficient (Wildman–Crippen LogP) is 3.38. The Morgan fingerprint density at radius 3 is 2.44 bits per heavy atom. The Hall–Kier alpha value is -2.05. The molecule has 3 nitrogen and oxygen atoms in total. The maximum atomic E-state index is 8.56. The molecule has 0 N–H and O–H groups in total. The van der Waals surface area contributed by atoms with Crippen molar-refractivity contribution in [3.63, 3.8) is 0 Å². The zero-order valence-electron chi connectivity index (χ0n) is 9.64. The summed E-state index contributed by atoms with van der Waals surface area (Å²) < 4.78 is 5.60. The van der Waals surface area contributed by atoms with E-state index < -0.39 is 0 Å². The van der Waals surface area contributed by atoms with Crippen molar-refractivity contribution in [2.75, 3.05) is 0 Å². The lowest BCUT2D eigenvalue weighted by Gasteiger charge is -2.06. The first kappa shape index (κ1) is 12.4. The van der Waals surface area contributed by atoms with Crippen molar-refractivity contribution in [2.24, 2.45) is 0 Å². The van der Waals surface area contributed by atoms with Crippen molar-refractivity contribution >= 4 is 11.6 Å². The largest absolute Gasteiger partial charge is 0.489 e. The minimum atomic E-state index is 0.418. The monoisotopic (exact) mass is 258 g/mol. The third kappa shape index (κ3) is 3.47. The second-order valence-corrected chi connectivity index (χ2v) is 4.14. The Balaban J connectivity index is 1.94. The van der Waals surface area contributed by atoms with Crippen LogP contribution in [0.5, 0.6) is 5.75 Å². The highest BCUT2D eigenvalue weighted by atomic mass is 35.5. The number of rotatable bonds is 4. The maximum Gasteiger partial charge on any atom is 0.129 e. The van der Waals surface area contributed by atoms with E-state index in [1.54, 1.807) is 12.3 Å². The molecule has 0 aliphatic heterocycles. The molecular formula is C14H11ClN2O. The van der Waals surface area contributed by atoms with E-state index in [4.69, 9.17) is 21.6 Å². The molecule has 4 heteroatoms. The van der Waals surface area contributed by atoms with Crippen LogP contribution in [0.3, 0.4) is 0 Å². The topological polar surface area (TPSA) is 45.9 Å². The molecule has 1 aromatic heterocycles. The normalized spacial score (nSPS) is 9.78. The smallest absolute Gasteiger partial charge is 0.129 e. The quantitative estimate of drug-likeness (QED) is 0.790. The van der Waals surface area contributed by atoms with Crippen LogP contribution < -0.4 is 4.74 Å². The van der Waals surface area contributed by atoms with Crippen molar-refractivity contribution in [1.29, 1.82) is 5.26 Å². The van der Waals surface area contributed by atoms with Crippen LogP contribution in [0.15, 0.2) is 42.6 Å². The third-order valence-electron chi connectivity index (χ3n) is 2.40. The highest BCUT2D eigenvalue weighted by Crippen LogP contribution is 2.14. The van der Waals surface area contributed by atoms with Gasteiger partial charge in [0.05, 0.1) is 12.5 Å². The fourth-order valence-corrected chi connectivity index (χ4v) is 1.57. The third-order valence-corrected chi connectivity index (χ3v) is 2.62. The maximum absolute atomic E-state index is 8.56. The lowest BCUT2D eigenvalue weighted by atomic mass is 10.2. The van der Waals surface area contributed by atoms with Gasteiger partial charge in [0.25, 0.3) is 0 Å². The first-order valence-electron chi connectivity index (χ1n) is 5.47. The minimum Gasteiger partial charge on any atom is -0.489 e. The van der Waals surface area contributed by atoms with Crippen LogP contribution in [0.4, 0.5) is 0 Å². The fraction of sp³-hybridized carbons (Fsp3) is 0.143. The number of hydrogen-bond acceptors (Lipinski definition) is 3. The molecule has 0 atom stereocenters. The second-order valence-electron chi connectivity index (χ2n) is 3.76. The summed E-state index contributed by atoms with van der Waals surface area (Å²) in [4.78, 5) is 3.98. The van der Waals surface area contributed by atoms with Gasteiger partial charge < -0.3 is 4.74 Å². The Morgan fingerprint density at radius 2 is 1.83 bits per heavy atom. The van der Waals surface area contributed by atoms with Gasteiger partial charge in [0.1, 0.15) is 17.5 Å². The summed E-state index contributed by atoms with van der Waals surface area (Å²) in [6.07, 6.45) is 2.10. The van der Waals surface area contributed by atoms with Crippen LogP contribution >= 0.6 is 11.6 Å². The van der Waals surface area contributed by atoms with Gasteiger partial charge in [0, 0.05) is 11.8 Å². The highest BCUT2D eigenvalue weighted by molar-refractivity contribution is 6.29. The summed E-state index contributed by atoms with van der Waals surface area (Å²) in [7, 11) is 0. The molecule has 0 unspecified atom stereocenters. The summed E-state index contributed by atoms with van der Waals surface area (Å²) >= 11 is 5.70. The van der Waals surface area contributed by atoms with Gasteiger partial charge in [-0.1, -0.05) is 29.8 Å². The average molecular weight is 259 g/mol. The lowest BCUT2D eigenvalue weighted by molar-refractivity contribution is 0.305. The van der Waals surface area contributed by atoms with Crippen molar-refractivity contribution in [1.82, 2.24) is 4.98 Å². The molecule has 0 radical (unpaired) electrons. The standard InChI is InChI=1S/C14H11ClN2O/c15-14-6-3-12(9-17-14)10-18-13-4-1-11(2-5-13)7-8-16/h1-6,9H,7,10H2. The molecular weight excluding hydrogens is 248 g/mol. The van der Waals surface area contributed by atoms with Crippen LogP contribution in [-0.2, 0) is 13.0 Å². The zero-order chi connectivity index (χ0) is 12.8. The van der Waals surface area contributed by atoms with Crippen molar-refractivity contribution in [3.8, 4) is 11.8 Å². The molecule has 1 aromatic carbocycles. The summed E-state index contributed by atoms with van der Waals surface area (Å²) in [6.45, 7) is 0.446. The minimum absolute atomic E-state index is 0.418. The molecule has 0 saturated heterocycles. The highest BCUT2D eigenvalue weighted by Gasteiger charge is 1.98. The Bertz CT molecular complexity index is 544. The molecule has 0 aliphatic rings. The second kappa shape index (κ2) is 6.04. The van der Waals surface area contributed by atoms with E-state index in [9.17, 15) is 0 Å². The van der Waals surface area contributed by atoms with Crippen molar-refractivity contribution < 1.29 is 4.74 Å². The molecule has 2 aromatic rings. The first-order chi connectivity index (χ1) is 8.78. The van der Waals surface area contributed by atoms with E-state index in [-0.39, 0.29) is 0 Å². The lowest BCUT2D eigenvalue weighted by Crippen LogP contribution is -1.96. The number of hydrogen-bond donors (Lipinski definition) is 0. The van der Waals surface area contributed by atoms with E-state index >= 15 is 0 Å². The molecule has 18 heavy (non-hydrogen) atoms. The van der Waals surface area contributed by atoms with E-state index in [0.717, 1.165) is 16.9 Å². The molecule has 0 bridgehead atoms. The summed E-state index contributed by atoms with van der Waals surface area (Å²) in [5, 5.41) is 9.04. The van der Waals surface area contributed by atoms with Gasteiger partial charge in [0.2, 0.25) is 0 Å². The fourth-order valence-electron chi connectivity index (χ4n) is 1.45. The van der Waals surface area contributed by atoms with Gasteiger partial charge in [-0.3, -0.25) is 0 Å². The average Bonchev–Trinajstić information content (AvgIpc) is 2.40. The molecule has 2 rings (SSSR count). The Morgan fingerprint density at radius 1 is 1.11 bits per heavy atom.